The molecule has 12 heteroatoms. The molecule has 0 fully saturated rings. The second kappa shape index (κ2) is 15.5. The third kappa shape index (κ3) is 9.17. The van der Waals surface area contributed by atoms with Gasteiger partial charge >= 0.3 is 0 Å². The first kappa shape index (κ1) is 32.7. The number of hydrogen-bond donors (Lipinski definition) is 4. The van der Waals surface area contributed by atoms with E-state index in [4.69, 9.17) is 4.74 Å². The van der Waals surface area contributed by atoms with Crippen LogP contribution in [-0.2, 0) is 16.6 Å². The largest absolute Gasteiger partial charge is 0.497 e. The minimum atomic E-state index is -3.63. The van der Waals surface area contributed by atoms with Gasteiger partial charge in [-0.05, 0) is 56.5 Å². The Morgan fingerprint density at radius 2 is 1.45 bits per heavy atom. The predicted molar refractivity (Wildman–Crippen MR) is 179 cm³/mol. The molecular weight excluding hydrogens is 576 g/mol. The Morgan fingerprint density at radius 1 is 0.795 bits per heavy atom. The summed E-state index contributed by atoms with van der Waals surface area (Å²) in [7, 11) is 1.93. The first-order valence-corrected chi connectivity index (χ1v) is 16.5. The van der Waals surface area contributed by atoms with Crippen molar-refractivity contribution in [2.24, 2.45) is 0 Å². The smallest absolute Gasteiger partial charge is 0.241 e. The molecule has 4 rings (SSSR count). The van der Waals surface area contributed by atoms with Crippen LogP contribution < -0.4 is 30.3 Å². The van der Waals surface area contributed by atoms with Crippen molar-refractivity contribution in [2.75, 3.05) is 55.1 Å². The fourth-order valence-electron chi connectivity index (χ4n) is 4.80. The number of benzene rings is 3. The van der Waals surface area contributed by atoms with Crippen LogP contribution in [0.2, 0.25) is 0 Å². The maximum absolute atomic E-state index is 13.1. The molecule has 0 atom stereocenters. The van der Waals surface area contributed by atoms with E-state index in [1.807, 2.05) is 81.4 Å². The number of nitrogens with one attached hydrogen (secondary N) is 4. The van der Waals surface area contributed by atoms with E-state index in [0.717, 1.165) is 53.5 Å². The highest BCUT2D eigenvalue weighted by atomic mass is 32.2. The lowest BCUT2D eigenvalue weighted by Gasteiger charge is -2.17. The Kier molecular flexibility index (Phi) is 11.6. The molecule has 0 bridgehead atoms. The fourth-order valence-corrected chi connectivity index (χ4v) is 6.09. The van der Waals surface area contributed by atoms with Crippen LogP contribution in [0.15, 0.2) is 65.6 Å². The van der Waals surface area contributed by atoms with Gasteiger partial charge in [0.1, 0.15) is 5.75 Å². The zero-order valence-corrected chi connectivity index (χ0v) is 27.0. The first-order valence-electron chi connectivity index (χ1n) is 15.0. The standard InChI is InChI=1S/C32H44N8O3S/c1-23(2)36-32-38-30(37-31(39-32)34-22-24-13-10-14-25(21-24)43-5)33-19-8-6-7-9-20-35-44(41,42)29-18-12-15-26-27(29)16-11-17-28(26)40(3)4/h10-18,21,23,35H,6-9,19-20,22H2,1-5H3,(H3,33,34,36,37,38,39). The predicted octanol–water partition coefficient (Wildman–Crippen LogP) is 5.48. The minimum Gasteiger partial charge on any atom is -0.497 e. The lowest BCUT2D eigenvalue weighted by atomic mass is 10.1. The van der Waals surface area contributed by atoms with Crippen molar-refractivity contribution in [1.29, 1.82) is 0 Å². The second-order valence-corrected chi connectivity index (χ2v) is 12.8. The number of hydrogen-bond acceptors (Lipinski definition) is 10. The van der Waals surface area contributed by atoms with Crippen LogP contribution in [0.25, 0.3) is 10.8 Å². The quantitative estimate of drug-likeness (QED) is 0.112. The number of anilines is 4. The molecule has 1 heterocycles. The maximum Gasteiger partial charge on any atom is 0.241 e. The van der Waals surface area contributed by atoms with Crippen LogP contribution in [0.3, 0.4) is 0 Å². The Labute approximate surface area is 260 Å². The van der Waals surface area contributed by atoms with Gasteiger partial charge in [-0.25, -0.2) is 13.1 Å². The monoisotopic (exact) mass is 620 g/mol. The molecule has 0 radical (unpaired) electrons. The summed E-state index contributed by atoms with van der Waals surface area (Å²) >= 11 is 0. The van der Waals surface area contributed by atoms with Gasteiger partial charge in [0.05, 0.1) is 12.0 Å². The van der Waals surface area contributed by atoms with Crippen LogP contribution in [-0.4, -0.2) is 63.7 Å². The molecule has 0 aliphatic heterocycles. The number of ether oxygens (including phenoxy) is 1. The van der Waals surface area contributed by atoms with Gasteiger partial charge in [0.2, 0.25) is 27.9 Å². The topological polar surface area (TPSA) is 133 Å². The summed E-state index contributed by atoms with van der Waals surface area (Å²) in [5.41, 5.74) is 2.04. The van der Waals surface area contributed by atoms with Gasteiger partial charge in [-0.15, -0.1) is 0 Å². The van der Waals surface area contributed by atoms with Gasteiger partial charge in [0, 0.05) is 56.2 Å². The summed E-state index contributed by atoms with van der Waals surface area (Å²) in [6, 6.07) is 19.2. The van der Waals surface area contributed by atoms with Crippen LogP contribution in [0.1, 0.15) is 45.1 Å². The third-order valence-electron chi connectivity index (χ3n) is 6.95. The second-order valence-electron chi connectivity index (χ2n) is 11.1. The third-order valence-corrected chi connectivity index (χ3v) is 8.47. The average Bonchev–Trinajstić information content (AvgIpc) is 3.00. The van der Waals surface area contributed by atoms with E-state index in [1.165, 1.54) is 0 Å². The van der Waals surface area contributed by atoms with Crippen molar-refractivity contribution >= 4 is 44.3 Å². The summed E-state index contributed by atoms with van der Waals surface area (Å²) in [6.45, 7) is 5.69. The van der Waals surface area contributed by atoms with E-state index in [0.29, 0.717) is 42.4 Å². The van der Waals surface area contributed by atoms with Gasteiger partial charge in [0.15, 0.2) is 0 Å². The first-order chi connectivity index (χ1) is 21.2. The van der Waals surface area contributed by atoms with Gasteiger partial charge < -0.3 is 25.6 Å². The number of fused-ring (bicyclic) bond motifs is 1. The highest BCUT2D eigenvalue weighted by Crippen LogP contribution is 2.30. The number of sulfonamides is 1. The van der Waals surface area contributed by atoms with Crippen LogP contribution in [0.4, 0.5) is 23.5 Å². The highest BCUT2D eigenvalue weighted by molar-refractivity contribution is 7.89. The van der Waals surface area contributed by atoms with Gasteiger partial charge in [0.25, 0.3) is 0 Å². The van der Waals surface area contributed by atoms with E-state index in [2.05, 4.69) is 35.6 Å². The molecule has 0 aliphatic rings. The van der Waals surface area contributed by atoms with Crippen molar-refractivity contribution in [3.8, 4) is 5.75 Å². The fraction of sp³-hybridized carbons (Fsp3) is 0.406. The maximum atomic E-state index is 13.1. The van der Waals surface area contributed by atoms with Crippen molar-refractivity contribution in [3.63, 3.8) is 0 Å². The van der Waals surface area contributed by atoms with Crippen molar-refractivity contribution in [2.45, 2.75) is 57.0 Å². The number of rotatable bonds is 17. The van der Waals surface area contributed by atoms with E-state index in [-0.39, 0.29) is 6.04 Å². The van der Waals surface area contributed by atoms with E-state index in [1.54, 1.807) is 19.2 Å². The minimum absolute atomic E-state index is 0.171. The zero-order chi connectivity index (χ0) is 31.5. The normalized spacial score (nSPS) is 11.5. The summed E-state index contributed by atoms with van der Waals surface area (Å²) in [6.07, 6.45) is 3.49. The molecule has 0 saturated heterocycles. The molecule has 4 aromatic rings. The van der Waals surface area contributed by atoms with Gasteiger partial charge in [-0.2, -0.15) is 15.0 Å². The number of methoxy groups -OCH3 is 1. The lowest BCUT2D eigenvalue weighted by molar-refractivity contribution is 0.414. The molecule has 0 aliphatic carbocycles. The number of aromatic nitrogens is 3. The lowest BCUT2D eigenvalue weighted by Crippen LogP contribution is -2.25. The SMILES string of the molecule is COc1cccc(CNc2nc(NCCCCCCNS(=O)(=O)c3cccc4c(N(C)C)cccc34)nc(NC(C)C)n2)c1. The molecule has 3 aromatic carbocycles. The van der Waals surface area contributed by atoms with Crippen molar-refractivity contribution < 1.29 is 13.2 Å². The molecule has 4 N–H and O–H groups in total. The molecule has 11 nitrogen and oxygen atoms in total. The summed E-state index contributed by atoms with van der Waals surface area (Å²) in [5.74, 6) is 2.27. The summed E-state index contributed by atoms with van der Waals surface area (Å²) in [5, 5.41) is 11.5. The highest BCUT2D eigenvalue weighted by Gasteiger charge is 2.18. The van der Waals surface area contributed by atoms with Crippen molar-refractivity contribution in [3.05, 3.63) is 66.2 Å². The van der Waals surface area contributed by atoms with E-state index < -0.39 is 10.0 Å². The molecule has 236 valence electrons. The molecular formula is C32H44N8O3S. The molecule has 0 amide bonds. The number of unbranched alkanes of at least 4 members (excludes halogenated alkanes) is 3. The molecule has 0 saturated carbocycles. The Balaban J connectivity index is 1.24. The Bertz CT molecular complexity index is 1630. The van der Waals surface area contributed by atoms with Gasteiger partial charge in [-0.1, -0.05) is 49.2 Å². The Morgan fingerprint density at radius 3 is 2.18 bits per heavy atom. The summed E-state index contributed by atoms with van der Waals surface area (Å²) in [4.78, 5) is 15.9. The number of nitrogens with zero attached hydrogens (tertiary/aromatic N) is 4. The Hall–Kier alpha value is -4.16. The zero-order valence-electron chi connectivity index (χ0n) is 26.2. The van der Waals surface area contributed by atoms with Crippen LogP contribution in [0.5, 0.6) is 5.75 Å². The van der Waals surface area contributed by atoms with Crippen LogP contribution >= 0.6 is 0 Å². The van der Waals surface area contributed by atoms with Crippen molar-refractivity contribution in [1.82, 2.24) is 19.7 Å². The van der Waals surface area contributed by atoms with E-state index >= 15 is 0 Å². The molecule has 1 aromatic heterocycles. The van der Waals surface area contributed by atoms with E-state index in [9.17, 15) is 8.42 Å². The molecule has 0 spiro atoms. The van der Waals surface area contributed by atoms with Gasteiger partial charge in [-0.3, -0.25) is 0 Å². The average molecular weight is 621 g/mol. The molecule has 0 unspecified atom stereocenters. The van der Waals surface area contributed by atoms with Crippen LogP contribution in [0, 0.1) is 0 Å². The summed E-state index contributed by atoms with van der Waals surface area (Å²) < 4.78 is 34.4. The molecule has 44 heavy (non-hydrogen) atoms.